The number of primary sulfonamides is 1. The van der Waals surface area contributed by atoms with Crippen LogP contribution in [0.4, 0.5) is 9.18 Å². The number of sulfonamides is 1. The Morgan fingerprint density at radius 2 is 1.82 bits per heavy atom. The molecule has 0 aliphatic rings. The lowest BCUT2D eigenvalue weighted by Crippen LogP contribution is -2.32. The lowest BCUT2D eigenvalue weighted by atomic mass is 10.1. The Balaban J connectivity index is 2.21. The number of para-hydroxylation sites is 1. The number of rotatable bonds is 5. The van der Waals surface area contributed by atoms with Crippen molar-refractivity contribution in [1.82, 2.24) is 14.8 Å². The molecule has 0 unspecified atom stereocenters. The highest BCUT2D eigenvalue weighted by atomic mass is 32.2. The molecule has 1 aromatic heterocycles. The van der Waals surface area contributed by atoms with Crippen LogP contribution in [0.2, 0.25) is 0 Å². The summed E-state index contributed by atoms with van der Waals surface area (Å²) in [6.07, 6.45) is 0. The van der Waals surface area contributed by atoms with Crippen LogP contribution in [0.15, 0.2) is 59.5 Å². The van der Waals surface area contributed by atoms with Gasteiger partial charge >= 0.3 is 6.03 Å². The summed E-state index contributed by atoms with van der Waals surface area (Å²) in [4.78, 5) is 10.9. The van der Waals surface area contributed by atoms with Crippen molar-refractivity contribution in [2.75, 3.05) is 0 Å². The number of amides is 2. The summed E-state index contributed by atoms with van der Waals surface area (Å²) >= 11 is 0. The number of benzene rings is 2. The summed E-state index contributed by atoms with van der Waals surface area (Å²) in [5, 5.41) is 19.4. The normalized spacial score (nSPS) is 11.4. The molecule has 0 atom stereocenters. The van der Waals surface area contributed by atoms with E-state index in [0.29, 0.717) is 11.3 Å². The molecule has 11 heteroatoms. The monoisotopic (exact) mass is 405 g/mol. The van der Waals surface area contributed by atoms with Crippen molar-refractivity contribution in [1.29, 1.82) is 0 Å². The van der Waals surface area contributed by atoms with E-state index in [1.54, 1.807) is 6.07 Å². The number of hydroxylamine groups is 2. The third-order valence-corrected chi connectivity index (χ3v) is 4.82. The summed E-state index contributed by atoms with van der Waals surface area (Å²) < 4.78 is 38.5. The average Bonchev–Trinajstić information content (AvgIpc) is 3.05. The molecule has 5 N–H and O–H groups in total. The standard InChI is InChI=1S/C17H16FN5O4S/c18-12-7-5-11(6-8-12)15-9-13(10-22(25)17(19)24)21-23(15)14-3-1-2-4-16(14)28(20,26)27/h1-9,25H,10H2,(H2,19,24)(H2,20,26,27). The second-order valence-corrected chi connectivity index (χ2v) is 7.38. The SMILES string of the molecule is NC(=O)N(O)Cc1cc(-c2ccc(F)cc2)n(-c2ccccc2S(N)(=O)=O)n1. The number of hydrogen-bond donors (Lipinski definition) is 3. The predicted octanol–water partition coefficient (Wildman–Crippen LogP) is 1.60. The van der Waals surface area contributed by atoms with Crippen LogP contribution in [0.1, 0.15) is 5.69 Å². The second-order valence-electron chi connectivity index (χ2n) is 5.85. The molecule has 0 aliphatic carbocycles. The highest BCUT2D eigenvalue weighted by Crippen LogP contribution is 2.28. The van der Waals surface area contributed by atoms with Gasteiger partial charge in [-0.3, -0.25) is 5.21 Å². The first-order valence-corrected chi connectivity index (χ1v) is 9.44. The van der Waals surface area contributed by atoms with E-state index in [4.69, 9.17) is 10.9 Å². The van der Waals surface area contributed by atoms with Gasteiger partial charge in [-0.05, 0) is 42.5 Å². The van der Waals surface area contributed by atoms with E-state index in [9.17, 15) is 22.8 Å². The quantitative estimate of drug-likeness (QED) is 0.436. The first-order valence-electron chi connectivity index (χ1n) is 7.90. The smallest absolute Gasteiger partial charge is 0.338 e. The van der Waals surface area contributed by atoms with Crippen LogP contribution in [-0.4, -0.2) is 34.5 Å². The maximum atomic E-state index is 13.3. The van der Waals surface area contributed by atoms with Gasteiger partial charge in [0, 0.05) is 5.56 Å². The molecule has 0 spiro atoms. The Bertz CT molecular complexity index is 1130. The van der Waals surface area contributed by atoms with Crippen LogP contribution < -0.4 is 10.9 Å². The van der Waals surface area contributed by atoms with Gasteiger partial charge in [0.25, 0.3) is 0 Å². The first-order chi connectivity index (χ1) is 13.2. The third kappa shape index (κ3) is 4.01. The van der Waals surface area contributed by atoms with E-state index in [1.165, 1.54) is 53.2 Å². The van der Waals surface area contributed by atoms with E-state index in [0.717, 1.165) is 0 Å². The van der Waals surface area contributed by atoms with Crippen LogP contribution >= 0.6 is 0 Å². The number of urea groups is 1. The van der Waals surface area contributed by atoms with Gasteiger partial charge in [-0.25, -0.2) is 32.5 Å². The summed E-state index contributed by atoms with van der Waals surface area (Å²) in [5.74, 6) is -0.449. The molecule has 0 saturated heterocycles. The molecule has 28 heavy (non-hydrogen) atoms. The highest BCUT2D eigenvalue weighted by Gasteiger charge is 2.20. The van der Waals surface area contributed by atoms with Gasteiger partial charge in [-0.1, -0.05) is 12.1 Å². The van der Waals surface area contributed by atoms with E-state index in [-0.39, 0.29) is 27.9 Å². The fourth-order valence-corrected chi connectivity index (χ4v) is 3.34. The number of nitrogens with two attached hydrogens (primary N) is 2. The number of carbonyl (C=O) groups excluding carboxylic acids is 1. The lowest BCUT2D eigenvalue weighted by Gasteiger charge is -2.12. The molecule has 2 amide bonds. The molecule has 0 bridgehead atoms. The van der Waals surface area contributed by atoms with Gasteiger partial charge in [-0.2, -0.15) is 5.10 Å². The van der Waals surface area contributed by atoms with Crippen LogP contribution in [0, 0.1) is 5.82 Å². The van der Waals surface area contributed by atoms with Gasteiger partial charge < -0.3 is 5.73 Å². The zero-order valence-corrected chi connectivity index (χ0v) is 15.2. The Morgan fingerprint density at radius 1 is 1.18 bits per heavy atom. The molecular formula is C17H16FN5O4S. The molecule has 2 aromatic carbocycles. The molecule has 0 saturated carbocycles. The molecule has 0 fully saturated rings. The summed E-state index contributed by atoms with van der Waals surface area (Å²) in [7, 11) is -4.07. The van der Waals surface area contributed by atoms with Gasteiger partial charge in [0.1, 0.15) is 10.7 Å². The van der Waals surface area contributed by atoms with Crippen molar-refractivity contribution in [3.05, 3.63) is 66.1 Å². The average molecular weight is 405 g/mol. The van der Waals surface area contributed by atoms with Gasteiger partial charge in [0.15, 0.2) is 0 Å². The highest BCUT2D eigenvalue weighted by molar-refractivity contribution is 7.89. The number of halogens is 1. The largest absolute Gasteiger partial charge is 0.350 e. The minimum Gasteiger partial charge on any atom is -0.350 e. The Morgan fingerprint density at radius 3 is 2.43 bits per heavy atom. The second kappa shape index (κ2) is 7.38. The minimum absolute atomic E-state index is 0.152. The van der Waals surface area contributed by atoms with Crippen LogP contribution in [0.3, 0.4) is 0 Å². The van der Waals surface area contributed by atoms with Crippen LogP contribution in [0.25, 0.3) is 16.9 Å². The van der Waals surface area contributed by atoms with E-state index < -0.39 is 21.9 Å². The molecular weight excluding hydrogens is 389 g/mol. The number of hydrogen-bond acceptors (Lipinski definition) is 5. The van der Waals surface area contributed by atoms with Crippen LogP contribution in [0.5, 0.6) is 0 Å². The summed E-state index contributed by atoms with van der Waals surface area (Å²) in [5.41, 5.74) is 6.29. The minimum atomic E-state index is -4.07. The predicted molar refractivity (Wildman–Crippen MR) is 97.2 cm³/mol. The Hall–Kier alpha value is -3.28. The maximum absolute atomic E-state index is 13.3. The summed E-state index contributed by atoms with van der Waals surface area (Å²) in [6.45, 7) is -0.339. The van der Waals surface area contributed by atoms with E-state index in [1.807, 2.05) is 0 Å². The number of primary amides is 1. The van der Waals surface area contributed by atoms with Crippen LogP contribution in [-0.2, 0) is 16.6 Å². The zero-order chi connectivity index (χ0) is 20.5. The zero-order valence-electron chi connectivity index (χ0n) is 14.4. The topological polar surface area (TPSA) is 145 Å². The van der Waals surface area contributed by atoms with Gasteiger partial charge in [-0.15, -0.1) is 0 Å². The van der Waals surface area contributed by atoms with Gasteiger partial charge in [0.05, 0.1) is 23.6 Å². The molecule has 9 nitrogen and oxygen atoms in total. The number of aromatic nitrogens is 2. The Kier molecular flexibility index (Phi) is 5.14. The summed E-state index contributed by atoms with van der Waals surface area (Å²) in [6, 6.07) is 11.8. The first kappa shape index (κ1) is 19.5. The molecule has 3 aromatic rings. The van der Waals surface area contributed by atoms with E-state index in [2.05, 4.69) is 5.10 Å². The number of carbonyl (C=O) groups is 1. The molecule has 0 aliphatic heterocycles. The molecule has 1 heterocycles. The Labute approximate surface area is 159 Å². The van der Waals surface area contributed by atoms with Crippen molar-refractivity contribution in [2.24, 2.45) is 10.9 Å². The van der Waals surface area contributed by atoms with Crippen molar-refractivity contribution in [3.63, 3.8) is 0 Å². The fourth-order valence-electron chi connectivity index (χ4n) is 2.62. The van der Waals surface area contributed by atoms with Crippen molar-refractivity contribution < 1.29 is 22.8 Å². The maximum Gasteiger partial charge on any atom is 0.338 e. The molecule has 3 rings (SSSR count). The fraction of sp³-hybridized carbons (Fsp3) is 0.0588. The number of nitrogens with zero attached hydrogens (tertiary/aromatic N) is 3. The van der Waals surface area contributed by atoms with Crippen molar-refractivity contribution in [3.8, 4) is 16.9 Å². The lowest BCUT2D eigenvalue weighted by molar-refractivity contribution is -0.0479. The van der Waals surface area contributed by atoms with Gasteiger partial charge in [0.2, 0.25) is 10.0 Å². The van der Waals surface area contributed by atoms with Crippen molar-refractivity contribution >= 4 is 16.1 Å². The molecule has 146 valence electrons. The van der Waals surface area contributed by atoms with E-state index >= 15 is 0 Å². The third-order valence-electron chi connectivity index (χ3n) is 3.87. The molecule has 0 radical (unpaired) electrons. The van der Waals surface area contributed by atoms with Crippen molar-refractivity contribution in [2.45, 2.75) is 11.4 Å².